The summed E-state index contributed by atoms with van der Waals surface area (Å²) in [5, 5.41) is 3.26. The first-order chi connectivity index (χ1) is 5.38. The van der Waals surface area contributed by atoms with Gasteiger partial charge < -0.3 is 10.1 Å². The maximum Gasteiger partial charge on any atom is 0.137 e. The highest BCUT2D eigenvalue weighted by Gasteiger charge is 2.17. The van der Waals surface area contributed by atoms with E-state index in [0.717, 1.165) is 38.9 Å². The van der Waals surface area contributed by atoms with Gasteiger partial charge in [0.1, 0.15) is 6.29 Å². The summed E-state index contributed by atoms with van der Waals surface area (Å²) in [5.74, 6) is 0. The van der Waals surface area contributed by atoms with Crippen LogP contribution < -0.4 is 5.32 Å². The van der Waals surface area contributed by atoms with Crippen molar-refractivity contribution in [1.82, 2.24) is 10.2 Å². The number of piperazine rings is 1. The molecule has 0 saturated carbocycles. The van der Waals surface area contributed by atoms with E-state index >= 15 is 0 Å². The first kappa shape index (κ1) is 8.68. The van der Waals surface area contributed by atoms with Crippen molar-refractivity contribution in [2.45, 2.75) is 19.4 Å². The van der Waals surface area contributed by atoms with E-state index < -0.39 is 0 Å². The molecular weight excluding hydrogens is 140 g/mol. The minimum absolute atomic E-state index is 0.150. The summed E-state index contributed by atoms with van der Waals surface area (Å²) in [6.45, 7) is 6.12. The molecule has 0 bridgehead atoms. The molecule has 1 fully saturated rings. The lowest BCUT2D eigenvalue weighted by atomic mass is 10.2. The van der Waals surface area contributed by atoms with Crippen LogP contribution >= 0.6 is 0 Å². The molecule has 3 heteroatoms. The largest absolute Gasteiger partial charge is 0.314 e. The van der Waals surface area contributed by atoms with Crippen molar-refractivity contribution in [3.8, 4) is 0 Å². The van der Waals surface area contributed by atoms with Gasteiger partial charge in [-0.05, 0) is 6.42 Å². The first-order valence-corrected chi connectivity index (χ1v) is 4.28. The molecule has 0 aromatic rings. The Hall–Kier alpha value is -0.410. The van der Waals surface area contributed by atoms with E-state index in [2.05, 4.69) is 17.1 Å². The van der Waals surface area contributed by atoms with Gasteiger partial charge in [-0.3, -0.25) is 4.90 Å². The summed E-state index contributed by atoms with van der Waals surface area (Å²) in [7, 11) is 0. The molecule has 1 saturated heterocycles. The SMILES string of the molecule is CCC(C=O)N1CCNCC1. The number of nitrogens with zero attached hydrogens (tertiary/aromatic N) is 1. The summed E-state index contributed by atoms with van der Waals surface area (Å²) in [4.78, 5) is 12.8. The van der Waals surface area contributed by atoms with Crippen molar-refractivity contribution in [1.29, 1.82) is 0 Å². The highest BCUT2D eigenvalue weighted by molar-refractivity contribution is 5.57. The quantitative estimate of drug-likeness (QED) is 0.578. The summed E-state index contributed by atoms with van der Waals surface area (Å²) in [6, 6.07) is 0.150. The number of rotatable bonds is 3. The monoisotopic (exact) mass is 156 g/mol. The standard InChI is InChI=1S/C8H16N2O/c1-2-8(7-11)10-5-3-9-4-6-10/h7-9H,2-6H2,1H3. The lowest BCUT2D eigenvalue weighted by Gasteiger charge is -2.31. The van der Waals surface area contributed by atoms with Gasteiger partial charge in [0.2, 0.25) is 0 Å². The molecule has 1 aliphatic rings. The Morgan fingerprint density at radius 1 is 1.55 bits per heavy atom. The molecule has 1 N–H and O–H groups in total. The number of hydrogen-bond acceptors (Lipinski definition) is 3. The molecule has 11 heavy (non-hydrogen) atoms. The van der Waals surface area contributed by atoms with Gasteiger partial charge in [0.05, 0.1) is 6.04 Å². The van der Waals surface area contributed by atoms with E-state index in [1.807, 2.05) is 0 Å². The maximum absolute atomic E-state index is 10.6. The lowest BCUT2D eigenvalue weighted by Crippen LogP contribution is -2.48. The van der Waals surface area contributed by atoms with Gasteiger partial charge in [0.15, 0.2) is 0 Å². The van der Waals surface area contributed by atoms with Crippen LogP contribution in [0.15, 0.2) is 0 Å². The Bertz CT molecular complexity index is 121. The number of hydrogen-bond donors (Lipinski definition) is 1. The first-order valence-electron chi connectivity index (χ1n) is 4.28. The molecule has 64 valence electrons. The molecule has 1 aliphatic heterocycles. The van der Waals surface area contributed by atoms with Gasteiger partial charge in [-0.25, -0.2) is 0 Å². The minimum Gasteiger partial charge on any atom is -0.314 e. The Kier molecular flexibility index (Phi) is 3.52. The third-order valence-corrected chi connectivity index (χ3v) is 2.20. The molecule has 0 spiro atoms. The van der Waals surface area contributed by atoms with E-state index in [1.54, 1.807) is 0 Å². The van der Waals surface area contributed by atoms with Crippen molar-refractivity contribution in [3.05, 3.63) is 0 Å². The third-order valence-electron chi connectivity index (χ3n) is 2.20. The van der Waals surface area contributed by atoms with Gasteiger partial charge in [0, 0.05) is 26.2 Å². The molecular formula is C8H16N2O. The van der Waals surface area contributed by atoms with Crippen molar-refractivity contribution >= 4 is 6.29 Å². The van der Waals surface area contributed by atoms with Gasteiger partial charge in [-0.1, -0.05) is 6.92 Å². The van der Waals surface area contributed by atoms with Crippen LogP contribution in [0, 0.1) is 0 Å². The molecule has 0 aliphatic carbocycles. The second-order valence-electron chi connectivity index (χ2n) is 2.90. The van der Waals surface area contributed by atoms with Crippen LogP contribution in [0.3, 0.4) is 0 Å². The summed E-state index contributed by atoms with van der Waals surface area (Å²) in [6.07, 6.45) is 1.99. The topological polar surface area (TPSA) is 32.3 Å². The number of aldehydes is 1. The van der Waals surface area contributed by atoms with Gasteiger partial charge in [-0.15, -0.1) is 0 Å². The average molecular weight is 156 g/mol. The van der Waals surface area contributed by atoms with Crippen LogP contribution in [0.4, 0.5) is 0 Å². The fraction of sp³-hybridized carbons (Fsp3) is 0.875. The lowest BCUT2D eigenvalue weighted by molar-refractivity contribution is -0.112. The second kappa shape index (κ2) is 4.46. The molecule has 0 radical (unpaired) electrons. The normalized spacial score (nSPS) is 23.0. The molecule has 3 nitrogen and oxygen atoms in total. The summed E-state index contributed by atoms with van der Waals surface area (Å²) < 4.78 is 0. The van der Waals surface area contributed by atoms with Crippen LogP contribution in [0.25, 0.3) is 0 Å². The zero-order valence-corrected chi connectivity index (χ0v) is 7.05. The highest BCUT2D eigenvalue weighted by atomic mass is 16.1. The van der Waals surface area contributed by atoms with Crippen LogP contribution in [0.5, 0.6) is 0 Å². The molecule has 0 aromatic carbocycles. The molecule has 1 rings (SSSR count). The van der Waals surface area contributed by atoms with E-state index in [4.69, 9.17) is 0 Å². The van der Waals surface area contributed by atoms with E-state index in [0.29, 0.717) is 0 Å². The third kappa shape index (κ3) is 2.27. The molecule has 1 atom stereocenters. The predicted molar refractivity (Wildman–Crippen MR) is 44.6 cm³/mol. The molecule has 1 unspecified atom stereocenters. The predicted octanol–water partition coefficient (Wildman–Crippen LogP) is -0.131. The fourth-order valence-electron chi connectivity index (χ4n) is 1.45. The molecule has 1 heterocycles. The van der Waals surface area contributed by atoms with Crippen LogP contribution in [0.2, 0.25) is 0 Å². The molecule has 0 aromatic heterocycles. The Morgan fingerprint density at radius 3 is 2.64 bits per heavy atom. The fourth-order valence-corrected chi connectivity index (χ4v) is 1.45. The number of carbonyl (C=O) groups is 1. The Balaban J connectivity index is 2.35. The van der Waals surface area contributed by atoms with Crippen molar-refractivity contribution in [2.24, 2.45) is 0 Å². The molecule has 0 amide bonds. The Labute approximate surface area is 67.8 Å². The van der Waals surface area contributed by atoms with Crippen LogP contribution in [-0.4, -0.2) is 43.4 Å². The van der Waals surface area contributed by atoms with E-state index in [9.17, 15) is 4.79 Å². The van der Waals surface area contributed by atoms with E-state index in [-0.39, 0.29) is 6.04 Å². The zero-order valence-electron chi connectivity index (χ0n) is 7.05. The second-order valence-corrected chi connectivity index (χ2v) is 2.90. The van der Waals surface area contributed by atoms with Gasteiger partial charge >= 0.3 is 0 Å². The maximum atomic E-state index is 10.6. The number of carbonyl (C=O) groups excluding carboxylic acids is 1. The van der Waals surface area contributed by atoms with Crippen molar-refractivity contribution < 1.29 is 4.79 Å². The average Bonchev–Trinajstić information content (AvgIpc) is 2.09. The van der Waals surface area contributed by atoms with Crippen molar-refractivity contribution in [3.63, 3.8) is 0 Å². The summed E-state index contributed by atoms with van der Waals surface area (Å²) in [5.41, 5.74) is 0. The smallest absolute Gasteiger partial charge is 0.137 e. The van der Waals surface area contributed by atoms with E-state index in [1.165, 1.54) is 0 Å². The van der Waals surface area contributed by atoms with Crippen LogP contribution in [0.1, 0.15) is 13.3 Å². The van der Waals surface area contributed by atoms with Crippen LogP contribution in [-0.2, 0) is 4.79 Å². The number of nitrogens with one attached hydrogen (secondary N) is 1. The van der Waals surface area contributed by atoms with Gasteiger partial charge in [-0.2, -0.15) is 0 Å². The van der Waals surface area contributed by atoms with Crippen molar-refractivity contribution in [2.75, 3.05) is 26.2 Å². The summed E-state index contributed by atoms with van der Waals surface area (Å²) >= 11 is 0. The Morgan fingerprint density at radius 2 is 2.18 bits per heavy atom. The van der Waals surface area contributed by atoms with Gasteiger partial charge in [0.25, 0.3) is 0 Å². The zero-order chi connectivity index (χ0) is 8.10. The minimum atomic E-state index is 0.150. The highest BCUT2D eigenvalue weighted by Crippen LogP contribution is 2.02.